The van der Waals surface area contributed by atoms with Crippen molar-refractivity contribution >= 4 is 16.3 Å². The molecule has 0 aliphatic carbocycles. The molecule has 0 saturated carbocycles. The first-order valence-corrected chi connectivity index (χ1v) is 11.0. The van der Waals surface area contributed by atoms with Gasteiger partial charge in [-0.15, -0.1) is 0 Å². The Hall–Kier alpha value is -2.73. The molecule has 3 aromatic carbocycles. The molecule has 0 unspecified atom stereocenters. The predicted molar refractivity (Wildman–Crippen MR) is 113 cm³/mol. The van der Waals surface area contributed by atoms with Crippen molar-refractivity contribution in [2.75, 3.05) is 0 Å². The number of carbonyl (C=O) groups is 1. The monoisotopic (exact) mass is 432 g/mol. The standard InChI is InChI=1S/C24H23F3O2S/c1-23(2,3)18-14-16-21(17-15-18)30(19-10-6-4-7-11-19,20-12-8-5-9-13-20)29-22(28)24(25,26)27/h4-17H,1-3H3. The van der Waals surface area contributed by atoms with Gasteiger partial charge in [0.25, 0.3) is 0 Å². The van der Waals surface area contributed by atoms with Crippen molar-refractivity contribution in [1.82, 2.24) is 0 Å². The van der Waals surface area contributed by atoms with Crippen molar-refractivity contribution in [3.63, 3.8) is 0 Å². The summed E-state index contributed by atoms with van der Waals surface area (Å²) < 4.78 is 45.3. The second kappa shape index (κ2) is 8.19. The minimum atomic E-state index is -5.10. The van der Waals surface area contributed by atoms with Crippen LogP contribution in [0.3, 0.4) is 0 Å². The number of hydrogen-bond donors (Lipinski definition) is 0. The highest BCUT2D eigenvalue weighted by molar-refractivity contribution is 8.30. The Morgan fingerprint density at radius 2 is 1.10 bits per heavy atom. The highest BCUT2D eigenvalue weighted by Crippen LogP contribution is 2.69. The molecule has 158 valence electrons. The molecule has 0 bridgehead atoms. The largest absolute Gasteiger partial charge is 0.491 e. The summed E-state index contributed by atoms with van der Waals surface area (Å²) in [4.78, 5) is 13.6. The van der Waals surface area contributed by atoms with Gasteiger partial charge >= 0.3 is 12.1 Å². The summed E-state index contributed by atoms with van der Waals surface area (Å²) in [6, 6.07) is 24.5. The third-order valence-corrected chi connectivity index (χ3v) is 7.84. The van der Waals surface area contributed by atoms with E-state index < -0.39 is 22.5 Å². The molecular weight excluding hydrogens is 409 g/mol. The Kier molecular flexibility index (Phi) is 5.99. The highest BCUT2D eigenvalue weighted by atomic mass is 32.3. The Bertz CT molecular complexity index is 953. The highest BCUT2D eigenvalue weighted by Gasteiger charge is 2.47. The maximum absolute atomic E-state index is 13.3. The molecule has 30 heavy (non-hydrogen) atoms. The molecule has 3 aromatic rings. The van der Waals surface area contributed by atoms with E-state index in [4.69, 9.17) is 4.18 Å². The fourth-order valence-corrected chi connectivity index (χ4v) is 6.11. The van der Waals surface area contributed by atoms with Crippen molar-refractivity contribution in [3.8, 4) is 0 Å². The van der Waals surface area contributed by atoms with Crippen LogP contribution >= 0.6 is 10.3 Å². The number of rotatable bonds is 4. The summed E-state index contributed by atoms with van der Waals surface area (Å²) in [5.74, 6) is -2.20. The van der Waals surface area contributed by atoms with Gasteiger partial charge in [0.1, 0.15) is 0 Å². The normalized spacial score (nSPS) is 13.0. The van der Waals surface area contributed by atoms with Crippen LogP contribution in [0.15, 0.2) is 99.6 Å². The van der Waals surface area contributed by atoms with E-state index in [9.17, 15) is 18.0 Å². The van der Waals surface area contributed by atoms with Gasteiger partial charge in [-0.25, -0.2) is 4.79 Å². The SMILES string of the molecule is CC(C)(C)c1ccc(S(OC(=O)C(F)(F)F)(c2ccccc2)c2ccccc2)cc1. The molecule has 0 fully saturated rings. The molecule has 0 atom stereocenters. The van der Waals surface area contributed by atoms with Gasteiger partial charge in [-0.05, 0) is 57.7 Å². The zero-order chi connectivity index (χ0) is 22.0. The van der Waals surface area contributed by atoms with Gasteiger partial charge in [-0.1, -0.05) is 69.3 Å². The fraction of sp³-hybridized carbons (Fsp3) is 0.208. The molecule has 3 rings (SSSR count). The average Bonchev–Trinajstić information content (AvgIpc) is 2.72. The summed E-state index contributed by atoms with van der Waals surface area (Å²) in [6.45, 7) is 6.17. The van der Waals surface area contributed by atoms with E-state index in [1.165, 1.54) is 0 Å². The van der Waals surface area contributed by atoms with E-state index in [0.29, 0.717) is 14.7 Å². The fourth-order valence-electron chi connectivity index (χ4n) is 3.08. The lowest BCUT2D eigenvalue weighted by atomic mass is 9.87. The van der Waals surface area contributed by atoms with Crippen molar-refractivity contribution < 1.29 is 22.1 Å². The van der Waals surface area contributed by atoms with Crippen LogP contribution in [0.4, 0.5) is 13.2 Å². The van der Waals surface area contributed by atoms with Crippen LogP contribution in [0, 0.1) is 0 Å². The third-order valence-electron chi connectivity index (χ3n) is 4.63. The molecule has 0 amide bonds. The van der Waals surface area contributed by atoms with Crippen LogP contribution in [-0.2, 0) is 14.4 Å². The van der Waals surface area contributed by atoms with E-state index in [1.807, 2.05) is 12.1 Å². The second-order valence-electron chi connectivity index (χ2n) is 7.83. The van der Waals surface area contributed by atoms with Gasteiger partial charge in [0, 0.05) is 14.7 Å². The lowest BCUT2D eigenvalue weighted by Crippen LogP contribution is -2.27. The van der Waals surface area contributed by atoms with Crippen LogP contribution in [0.1, 0.15) is 26.3 Å². The van der Waals surface area contributed by atoms with Crippen LogP contribution in [-0.4, -0.2) is 12.1 Å². The molecule has 0 saturated heterocycles. The summed E-state index contributed by atoms with van der Waals surface area (Å²) >= 11 is 0. The number of carbonyl (C=O) groups excluding carboxylic acids is 1. The molecule has 0 heterocycles. The predicted octanol–water partition coefficient (Wildman–Crippen LogP) is 7.29. The lowest BCUT2D eigenvalue weighted by molar-refractivity contribution is -0.188. The van der Waals surface area contributed by atoms with Gasteiger partial charge in [0.05, 0.1) is 0 Å². The minimum Gasteiger partial charge on any atom is -0.395 e. The molecule has 6 heteroatoms. The van der Waals surface area contributed by atoms with Crippen molar-refractivity contribution in [1.29, 1.82) is 0 Å². The van der Waals surface area contributed by atoms with E-state index >= 15 is 0 Å². The zero-order valence-electron chi connectivity index (χ0n) is 16.9. The van der Waals surface area contributed by atoms with Crippen LogP contribution in [0.2, 0.25) is 0 Å². The molecule has 0 aliphatic heterocycles. The van der Waals surface area contributed by atoms with Crippen LogP contribution in [0.5, 0.6) is 0 Å². The number of hydrogen-bond acceptors (Lipinski definition) is 2. The topological polar surface area (TPSA) is 26.3 Å². The number of halogens is 3. The van der Waals surface area contributed by atoms with Gasteiger partial charge in [-0.2, -0.15) is 13.2 Å². The maximum Gasteiger partial charge on any atom is 0.491 e. The zero-order valence-corrected chi connectivity index (χ0v) is 17.8. The van der Waals surface area contributed by atoms with E-state index in [0.717, 1.165) is 5.56 Å². The summed E-state index contributed by atoms with van der Waals surface area (Å²) in [5, 5.41) is 0. The van der Waals surface area contributed by atoms with Gasteiger partial charge < -0.3 is 4.18 Å². The molecule has 2 nitrogen and oxygen atoms in total. The van der Waals surface area contributed by atoms with Crippen LogP contribution < -0.4 is 0 Å². The number of benzene rings is 3. The Morgan fingerprint density at radius 1 is 0.700 bits per heavy atom. The quantitative estimate of drug-likeness (QED) is 0.433. The van der Waals surface area contributed by atoms with Crippen molar-refractivity contribution in [2.24, 2.45) is 0 Å². The van der Waals surface area contributed by atoms with E-state index in [1.54, 1.807) is 72.8 Å². The van der Waals surface area contributed by atoms with E-state index in [2.05, 4.69) is 20.8 Å². The smallest absolute Gasteiger partial charge is 0.395 e. The first kappa shape index (κ1) is 22.0. The molecular formula is C24H23F3O2S. The lowest BCUT2D eigenvalue weighted by Gasteiger charge is -2.40. The molecule has 0 N–H and O–H groups in total. The molecule has 0 aromatic heterocycles. The van der Waals surface area contributed by atoms with Crippen molar-refractivity contribution in [2.45, 2.75) is 47.0 Å². The Morgan fingerprint density at radius 3 is 1.47 bits per heavy atom. The summed E-state index contributed by atoms with van der Waals surface area (Å²) in [7, 11) is -2.95. The first-order chi connectivity index (χ1) is 14.0. The minimum absolute atomic E-state index is 0.126. The van der Waals surface area contributed by atoms with Gasteiger partial charge in [0.2, 0.25) is 0 Å². The Balaban J connectivity index is 2.29. The van der Waals surface area contributed by atoms with Crippen molar-refractivity contribution in [3.05, 3.63) is 90.5 Å². The molecule has 0 radical (unpaired) electrons. The van der Waals surface area contributed by atoms with Gasteiger partial charge in [0.15, 0.2) is 0 Å². The summed E-state index contributed by atoms with van der Waals surface area (Å²) in [6.07, 6.45) is -5.10. The summed E-state index contributed by atoms with van der Waals surface area (Å²) in [5.41, 5.74) is 0.904. The Labute approximate surface area is 176 Å². The van der Waals surface area contributed by atoms with Gasteiger partial charge in [-0.3, -0.25) is 0 Å². The average molecular weight is 433 g/mol. The number of alkyl halides is 3. The van der Waals surface area contributed by atoms with Crippen LogP contribution in [0.25, 0.3) is 0 Å². The maximum atomic E-state index is 13.3. The second-order valence-corrected chi connectivity index (χ2v) is 10.5. The molecule has 0 aliphatic rings. The van der Waals surface area contributed by atoms with E-state index in [-0.39, 0.29) is 5.41 Å². The first-order valence-electron chi connectivity index (χ1n) is 9.40. The third kappa shape index (κ3) is 4.38. The molecule has 0 spiro atoms.